The summed E-state index contributed by atoms with van der Waals surface area (Å²) in [5.41, 5.74) is 4.62. The van der Waals surface area contributed by atoms with Crippen LogP contribution in [0.4, 0.5) is 5.69 Å². The number of aryl methyl sites for hydroxylation is 3. The van der Waals surface area contributed by atoms with Crippen LogP contribution < -0.4 is 21.1 Å². The average Bonchev–Trinajstić information content (AvgIpc) is 4.03. The molecule has 2 aromatic carbocycles. The second-order valence-electron chi connectivity index (χ2n) is 16.3. The third kappa shape index (κ3) is 10.6. The van der Waals surface area contributed by atoms with E-state index in [4.69, 9.17) is 9.40 Å². The third-order valence-electron chi connectivity index (χ3n) is 12.0. The van der Waals surface area contributed by atoms with Crippen molar-refractivity contribution in [3.63, 3.8) is 0 Å². The molecule has 63 heavy (non-hydrogen) atoms. The molecule has 2 N–H and O–H groups in total. The van der Waals surface area contributed by atoms with E-state index < -0.39 is 17.5 Å². The van der Waals surface area contributed by atoms with Crippen LogP contribution in [0.15, 0.2) is 82.6 Å². The zero-order valence-electron chi connectivity index (χ0n) is 35.4. The summed E-state index contributed by atoms with van der Waals surface area (Å²) in [6.07, 6.45) is 15.5. The van der Waals surface area contributed by atoms with Crippen molar-refractivity contribution in [3.8, 4) is 11.1 Å². The van der Waals surface area contributed by atoms with Crippen molar-refractivity contribution >= 4 is 45.9 Å². The van der Waals surface area contributed by atoms with Gasteiger partial charge in [0, 0.05) is 82.3 Å². The number of rotatable bonds is 19. The fourth-order valence-electron chi connectivity index (χ4n) is 8.41. The topological polar surface area (TPSA) is 203 Å². The number of hydrogen-bond acceptors (Lipinski definition) is 12. The van der Waals surface area contributed by atoms with E-state index >= 15 is 0 Å². The van der Waals surface area contributed by atoms with E-state index in [-0.39, 0.29) is 37.0 Å². The lowest BCUT2D eigenvalue weighted by Crippen LogP contribution is -2.48. The third-order valence-corrected chi connectivity index (χ3v) is 12.0. The van der Waals surface area contributed by atoms with Crippen LogP contribution >= 0.6 is 0 Å². The minimum atomic E-state index is -0.887. The molecule has 4 aromatic heterocycles. The molecule has 17 nitrogen and oxygen atoms in total. The molecule has 8 rings (SSSR count). The van der Waals surface area contributed by atoms with Crippen LogP contribution in [0, 0.1) is 0 Å². The number of nitrogens with one attached hydrogen (secondary N) is 2. The number of furan rings is 1. The molecule has 1 atom stereocenters. The Morgan fingerprint density at radius 1 is 0.841 bits per heavy atom. The SMILES string of the molecule is O=C(CCc1ccc2nnn(C3CCC(=O)NC3=O)c(=O)c2c1)NCCCCCCCCCC(=O)N1CCN(c2ccc(-c3cnc(CCc4ccco4)n4cnnc34)cc2)CC1. The van der Waals surface area contributed by atoms with Crippen molar-refractivity contribution in [2.75, 3.05) is 37.6 Å². The number of fused-ring (bicyclic) bond motifs is 2. The van der Waals surface area contributed by atoms with Gasteiger partial charge in [-0.3, -0.25) is 33.7 Å². The van der Waals surface area contributed by atoms with Gasteiger partial charge in [-0.15, -0.1) is 15.3 Å². The number of amides is 4. The van der Waals surface area contributed by atoms with Crippen molar-refractivity contribution in [2.45, 2.75) is 95.9 Å². The summed E-state index contributed by atoms with van der Waals surface area (Å²) in [7, 11) is 0. The summed E-state index contributed by atoms with van der Waals surface area (Å²) >= 11 is 0. The molecular weight excluding hydrogens is 803 g/mol. The quantitative estimate of drug-likeness (QED) is 0.0836. The number of aromatic nitrogens is 7. The number of anilines is 1. The molecule has 17 heteroatoms. The first kappa shape index (κ1) is 42.9. The lowest BCUT2D eigenvalue weighted by Gasteiger charge is -2.36. The predicted octanol–water partition coefficient (Wildman–Crippen LogP) is 4.77. The molecule has 0 radical (unpaired) electrons. The fourth-order valence-corrected chi connectivity index (χ4v) is 8.41. The maximum atomic E-state index is 13.2. The van der Waals surface area contributed by atoms with E-state index in [1.54, 1.807) is 24.7 Å². The van der Waals surface area contributed by atoms with Gasteiger partial charge in [-0.25, -0.2) is 4.98 Å². The zero-order chi connectivity index (χ0) is 43.5. The number of piperazine rings is 1. The molecule has 328 valence electrons. The predicted molar refractivity (Wildman–Crippen MR) is 235 cm³/mol. The van der Waals surface area contributed by atoms with Crippen LogP contribution in [0.25, 0.3) is 27.7 Å². The van der Waals surface area contributed by atoms with E-state index in [1.165, 1.54) is 0 Å². The van der Waals surface area contributed by atoms with Gasteiger partial charge in [0.15, 0.2) is 5.65 Å². The Bertz CT molecular complexity index is 2600. The van der Waals surface area contributed by atoms with E-state index in [1.807, 2.05) is 33.7 Å². The van der Waals surface area contributed by atoms with Gasteiger partial charge in [-0.2, -0.15) is 4.68 Å². The molecule has 2 fully saturated rings. The van der Waals surface area contributed by atoms with Gasteiger partial charge in [0.05, 0.1) is 11.6 Å². The summed E-state index contributed by atoms with van der Waals surface area (Å²) < 4.78 is 8.47. The minimum absolute atomic E-state index is 0.0485. The molecule has 2 aliphatic rings. The van der Waals surface area contributed by atoms with Gasteiger partial charge in [0.25, 0.3) is 11.5 Å². The highest BCUT2D eigenvalue weighted by atomic mass is 16.3. The van der Waals surface area contributed by atoms with Crippen LogP contribution in [-0.4, -0.2) is 95.8 Å². The van der Waals surface area contributed by atoms with Gasteiger partial charge < -0.3 is 19.5 Å². The maximum Gasteiger partial charge on any atom is 0.278 e. The molecule has 0 bridgehead atoms. The normalized spacial score (nSPS) is 15.6. The maximum absolute atomic E-state index is 13.2. The van der Waals surface area contributed by atoms with Crippen LogP contribution in [0.5, 0.6) is 0 Å². The Balaban J connectivity index is 0.670. The number of unbranched alkanes of at least 4 members (excludes halogenated alkanes) is 6. The second kappa shape index (κ2) is 20.4. The number of carbonyl (C=O) groups excluding carboxylic acids is 4. The Kier molecular flexibility index (Phi) is 13.9. The van der Waals surface area contributed by atoms with E-state index in [0.717, 1.165) is 122 Å². The highest BCUT2D eigenvalue weighted by Gasteiger charge is 2.30. The smallest absolute Gasteiger partial charge is 0.278 e. The largest absolute Gasteiger partial charge is 0.469 e. The first-order valence-electron chi connectivity index (χ1n) is 22.1. The van der Waals surface area contributed by atoms with Gasteiger partial charge in [-0.1, -0.05) is 55.5 Å². The molecular formula is C46H53N11O6. The van der Waals surface area contributed by atoms with E-state index in [0.29, 0.717) is 36.7 Å². The van der Waals surface area contributed by atoms with Crippen LogP contribution in [0.2, 0.25) is 0 Å². The molecule has 2 saturated heterocycles. The van der Waals surface area contributed by atoms with Crippen molar-refractivity contribution in [2.24, 2.45) is 0 Å². The monoisotopic (exact) mass is 855 g/mol. The molecule has 0 spiro atoms. The van der Waals surface area contributed by atoms with Gasteiger partial charge in [0.2, 0.25) is 17.7 Å². The first-order chi connectivity index (χ1) is 30.8. The van der Waals surface area contributed by atoms with Crippen molar-refractivity contribution in [1.29, 1.82) is 0 Å². The molecule has 0 saturated carbocycles. The number of imide groups is 1. The molecule has 6 heterocycles. The van der Waals surface area contributed by atoms with Gasteiger partial charge in [0.1, 0.15) is 29.5 Å². The minimum Gasteiger partial charge on any atom is -0.469 e. The molecule has 6 aromatic rings. The van der Waals surface area contributed by atoms with E-state index in [2.05, 4.69) is 60.3 Å². The van der Waals surface area contributed by atoms with Crippen molar-refractivity contribution < 1.29 is 23.6 Å². The van der Waals surface area contributed by atoms with E-state index in [9.17, 15) is 24.0 Å². The number of piperidine rings is 1. The second-order valence-corrected chi connectivity index (χ2v) is 16.3. The van der Waals surface area contributed by atoms with Crippen LogP contribution in [0.1, 0.15) is 93.8 Å². The molecule has 2 aliphatic heterocycles. The van der Waals surface area contributed by atoms with Gasteiger partial charge in [-0.05, 0) is 73.2 Å². The lowest BCUT2D eigenvalue weighted by molar-refractivity contribution is -0.136. The summed E-state index contributed by atoms with van der Waals surface area (Å²) in [5, 5.41) is 22.1. The van der Waals surface area contributed by atoms with Gasteiger partial charge >= 0.3 is 0 Å². The first-order valence-corrected chi connectivity index (χ1v) is 22.1. The summed E-state index contributed by atoms with van der Waals surface area (Å²) in [6.45, 7) is 3.65. The van der Waals surface area contributed by atoms with Crippen molar-refractivity contribution in [3.05, 3.63) is 101 Å². The number of carbonyl (C=O) groups is 4. The zero-order valence-corrected chi connectivity index (χ0v) is 35.4. The fraction of sp³-hybridized carbons (Fsp3) is 0.435. The Morgan fingerprint density at radius 3 is 2.41 bits per heavy atom. The lowest BCUT2D eigenvalue weighted by atomic mass is 10.1. The Morgan fingerprint density at radius 2 is 1.63 bits per heavy atom. The highest BCUT2D eigenvalue weighted by Crippen LogP contribution is 2.27. The number of hydrogen-bond donors (Lipinski definition) is 2. The average molecular weight is 856 g/mol. The summed E-state index contributed by atoms with van der Waals surface area (Å²) in [5.74, 6) is 1.05. The summed E-state index contributed by atoms with van der Waals surface area (Å²) in [6, 6.07) is 16.6. The van der Waals surface area contributed by atoms with Crippen LogP contribution in [-0.2, 0) is 38.4 Å². The van der Waals surface area contributed by atoms with Crippen LogP contribution in [0.3, 0.4) is 0 Å². The Hall–Kier alpha value is -6.78. The summed E-state index contributed by atoms with van der Waals surface area (Å²) in [4.78, 5) is 71.6. The number of benzene rings is 2. The molecule has 0 aliphatic carbocycles. The Labute approximate surface area is 364 Å². The standard InChI is InChI=1S/C46H53N11O6/c58-41(21-12-32-11-18-38-36(29-32)46(62)57(53-51-38)39-19-22-42(59)50-45(39)61)47-23-7-5-3-1-2-4-6-10-43(60)55-26-24-54(25-27-55)34-15-13-33(14-16-34)37-30-48-40(56-31-49-52-44(37)56)20-17-35-9-8-28-63-35/h8-9,11,13-16,18,28-31,39H,1-7,10,12,17,19-27H2,(H,47,58)(H,50,59,61). The molecule has 4 amide bonds. The highest BCUT2D eigenvalue weighted by molar-refractivity contribution is 5.99. The molecule has 1 unspecified atom stereocenters. The van der Waals surface area contributed by atoms with Crippen molar-refractivity contribution in [1.82, 2.24) is 50.1 Å². The number of nitrogens with zero attached hydrogens (tertiary/aromatic N) is 9.